The first-order valence-electron chi connectivity index (χ1n) is 9.63. The molecule has 2 heterocycles. The van der Waals surface area contributed by atoms with E-state index in [1.165, 1.54) is 12.1 Å². The number of hydrogen-bond donors (Lipinski definition) is 0. The van der Waals surface area contributed by atoms with E-state index in [1.807, 2.05) is 30.3 Å². The fraction of sp³-hybridized carbons (Fsp3) is 0. The third-order valence-corrected chi connectivity index (χ3v) is 5.25. The van der Waals surface area contributed by atoms with Gasteiger partial charge in [-0.1, -0.05) is 41.9 Å². The molecule has 0 radical (unpaired) electrons. The topological polar surface area (TPSA) is 87.3 Å². The average molecular weight is 444 g/mol. The maximum absolute atomic E-state index is 12.9. The molecule has 0 bridgehead atoms. The van der Waals surface area contributed by atoms with E-state index in [4.69, 9.17) is 16.3 Å². The number of hydrogen-bond acceptors (Lipinski definition) is 5. The molecule has 0 atom stereocenters. The molecular weight excluding hydrogens is 430 g/mol. The number of aromatic nitrogens is 2. The van der Waals surface area contributed by atoms with Crippen molar-refractivity contribution in [3.8, 4) is 22.7 Å². The van der Waals surface area contributed by atoms with Crippen LogP contribution in [0.15, 0.2) is 84.8 Å². The summed E-state index contributed by atoms with van der Waals surface area (Å²) in [7, 11) is 0. The standard InChI is InChI=1S/C24H14ClN3O4/c25-17-9-10-21-20(13-17)24(29)22(32-21)12-16-14-27(18-6-2-1-3-7-18)26-23(16)15-5-4-8-19(11-15)28(30)31/h1-14H/b22-12-. The Morgan fingerprint density at radius 3 is 2.62 bits per heavy atom. The molecule has 1 aliphatic rings. The number of ether oxygens (including phenoxy) is 1. The molecule has 0 fully saturated rings. The number of Topliss-reactive ketones (excluding diaryl/α,β-unsaturated/α-hetero) is 1. The smallest absolute Gasteiger partial charge is 0.270 e. The van der Waals surface area contributed by atoms with Gasteiger partial charge in [-0.05, 0) is 36.4 Å². The van der Waals surface area contributed by atoms with E-state index in [-0.39, 0.29) is 17.2 Å². The molecule has 5 rings (SSSR count). The molecule has 8 heteroatoms. The van der Waals surface area contributed by atoms with Gasteiger partial charge in [-0.2, -0.15) is 5.10 Å². The highest BCUT2D eigenvalue weighted by Crippen LogP contribution is 2.35. The van der Waals surface area contributed by atoms with Crippen molar-refractivity contribution in [1.29, 1.82) is 0 Å². The van der Waals surface area contributed by atoms with Crippen LogP contribution in [0.3, 0.4) is 0 Å². The Morgan fingerprint density at radius 2 is 1.84 bits per heavy atom. The summed E-state index contributed by atoms with van der Waals surface area (Å²) in [6.07, 6.45) is 3.35. The van der Waals surface area contributed by atoms with Crippen LogP contribution in [0.4, 0.5) is 5.69 Å². The number of allylic oxidation sites excluding steroid dienone is 1. The summed E-state index contributed by atoms with van der Waals surface area (Å²) in [5, 5.41) is 16.3. The molecule has 0 saturated heterocycles. The van der Waals surface area contributed by atoms with Crippen LogP contribution < -0.4 is 4.74 Å². The van der Waals surface area contributed by atoms with E-state index in [2.05, 4.69) is 5.10 Å². The maximum atomic E-state index is 12.9. The molecule has 0 unspecified atom stereocenters. The molecule has 0 N–H and O–H groups in total. The van der Waals surface area contributed by atoms with Crippen molar-refractivity contribution in [3.05, 3.63) is 111 Å². The van der Waals surface area contributed by atoms with Gasteiger partial charge in [0.15, 0.2) is 5.76 Å². The van der Waals surface area contributed by atoms with Crippen molar-refractivity contribution in [2.45, 2.75) is 0 Å². The van der Waals surface area contributed by atoms with Gasteiger partial charge in [0.25, 0.3) is 5.69 Å². The highest BCUT2D eigenvalue weighted by molar-refractivity contribution is 6.31. The minimum Gasteiger partial charge on any atom is -0.452 e. The molecule has 0 saturated carbocycles. The fourth-order valence-corrected chi connectivity index (χ4v) is 3.67. The number of non-ortho nitro benzene ring substituents is 1. The third-order valence-electron chi connectivity index (χ3n) is 5.01. The van der Waals surface area contributed by atoms with Gasteiger partial charge in [-0.15, -0.1) is 0 Å². The molecule has 7 nitrogen and oxygen atoms in total. The lowest BCUT2D eigenvalue weighted by molar-refractivity contribution is -0.384. The van der Waals surface area contributed by atoms with Gasteiger partial charge in [-0.25, -0.2) is 4.68 Å². The van der Waals surface area contributed by atoms with Crippen LogP contribution in [-0.2, 0) is 0 Å². The first-order valence-corrected chi connectivity index (χ1v) is 10.0. The van der Waals surface area contributed by atoms with E-state index in [9.17, 15) is 14.9 Å². The number of nitro groups is 1. The van der Waals surface area contributed by atoms with Gasteiger partial charge in [0, 0.05) is 34.5 Å². The molecule has 3 aromatic carbocycles. The van der Waals surface area contributed by atoms with E-state index >= 15 is 0 Å². The Bertz CT molecular complexity index is 1410. The van der Waals surface area contributed by atoms with E-state index in [1.54, 1.807) is 47.3 Å². The zero-order valence-electron chi connectivity index (χ0n) is 16.4. The van der Waals surface area contributed by atoms with Gasteiger partial charge >= 0.3 is 0 Å². The Hall–Kier alpha value is -4.23. The number of nitrogens with zero attached hydrogens (tertiary/aromatic N) is 3. The predicted octanol–water partition coefficient (Wildman–Crippen LogP) is 5.72. The number of para-hydroxylation sites is 1. The Balaban J connectivity index is 1.64. The lowest BCUT2D eigenvalue weighted by Crippen LogP contribution is -1.98. The molecule has 1 aromatic heterocycles. The zero-order valence-corrected chi connectivity index (χ0v) is 17.2. The third kappa shape index (κ3) is 3.55. The summed E-state index contributed by atoms with van der Waals surface area (Å²) in [5.74, 6) is 0.263. The number of nitro benzene ring substituents is 1. The van der Waals surface area contributed by atoms with Crippen molar-refractivity contribution >= 4 is 29.1 Å². The minimum absolute atomic E-state index is 0.0504. The number of carbonyl (C=O) groups is 1. The second kappa shape index (κ2) is 7.79. The van der Waals surface area contributed by atoms with Crippen LogP contribution in [0.5, 0.6) is 5.75 Å². The summed E-state index contributed by atoms with van der Waals surface area (Å²) in [6, 6.07) is 20.5. The minimum atomic E-state index is -0.459. The Morgan fingerprint density at radius 1 is 1.03 bits per heavy atom. The Kier molecular flexibility index (Phi) is 4.80. The molecule has 0 spiro atoms. The van der Waals surface area contributed by atoms with E-state index in [0.717, 1.165) is 5.69 Å². The monoisotopic (exact) mass is 443 g/mol. The van der Waals surface area contributed by atoms with Gasteiger partial charge in [0.05, 0.1) is 16.2 Å². The van der Waals surface area contributed by atoms with Crippen LogP contribution in [0.25, 0.3) is 23.0 Å². The molecule has 156 valence electrons. The maximum Gasteiger partial charge on any atom is 0.270 e. The van der Waals surface area contributed by atoms with Crippen LogP contribution in [0.1, 0.15) is 15.9 Å². The van der Waals surface area contributed by atoms with Crippen molar-refractivity contribution in [2.24, 2.45) is 0 Å². The lowest BCUT2D eigenvalue weighted by atomic mass is 10.1. The van der Waals surface area contributed by atoms with Gasteiger partial charge in [0.1, 0.15) is 11.4 Å². The van der Waals surface area contributed by atoms with Crippen molar-refractivity contribution in [3.63, 3.8) is 0 Å². The van der Waals surface area contributed by atoms with Crippen molar-refractivity contribution in [1.82, 2.24) is 9.78 Å². The van der Waals surface area contributed by atoms with Crippen LogP contribution >= 0.6 is 11.6 Å². The first-order chi connectivity index (χ1) is 15.5. The second-order valence-electron chi connectivity index (χ2n) is 7.10. The Labute approximate surface area is 187 Å². The number of fused-ring (bicyclic) bond motifs is 1. The van der Waals surface area contributed by atoms with Gasteiger partial charge < -0.3 is 4.74 Å². The van der Waals surface area contributed by atoms with Crippen LogP contribution in [0.2, 0.25) is 5.02 Å². The summed E-state index contributed by atoms with van der Waals surface area (Å²) in [4.78, 5) is 23.7. The van der Waals surface area contributed by atoms with Crippen LogP contribution in [-0.4, -0.2) is 20.5 Å². The van der Waals surface area contributed by atoms with Gasteiger partial charge in [-0.3, -0.25) is 14.9 Å². The average Bonchev–Trinajstić information content (AvgIpc) is 3.36. The first kappa shape index (κ1) is 19.7. The summed E-state index contributed by atoms with van der Waals surface area (Å²) in [6.45, 7) is 0. The molecule has 4 aromatic rings. The second-order valence-corrected chi connectivity index (χ2v) is 7.54. The molecule has 1 aliphatic heterocycles. The fourth-order valence-electron chi connectivity index (χ4n) is 3.50. The molecule has 0 aliphatic carbocycles. The van der Waals surface area contributed by atoms with E-state index in [0.29, 0.717) is 33.2 Å². The van der Waals surface area contributed by atoms with Crippen LogP contribution in [0, 0.1) is 10.1 Å². The normalized spacial score (nSPS) is 13.8. The predicted molar refractivity (Wildman–Crippen MR) is 120 cm³/mol. The number of rotatable bonds is 4. The summed E-state index contributed by atoms with van der Waals surface area (Å²) in [5.41, 5.74) is 2.75. The summed E-state index contributed by atoms with van der Waals surface area (Å²) >= 11 is 6.02. The zero-order chi connectivity index (χ0) is 22.2. The highest BCUT2D eigenvalue weighted by atomic mass is 35.5. The van der Waals surface area contributed by atoms with Crippen molar-refractivity contribution in [2.75, 3.05) is 0 Å². The molecule has 32 heavy (non-hydrogen) atoms. The largest absolute Gasteiger partial charge is 0.452 e. The van der Waals surface area contributed by atoms with Crippen molar-refractivity contribution < 1.29 is 14.5 Å². The lowest BCUT2D eigenvalue weighted by Gasteiger charge is -2.01. The molecular formula is C24H14ClN3O4. The number of ketones is 1. The number of benzene rings is 3. The van der Waals surface area contributed by atoms with E-state index < -0.39 is 4.92 Å². The number of halogens is 1. The number of carbonyl (C=O) groups excluding carboxylic acids is 1. The highest BCUT2D eigenvalue weighted by Gasteiger charge is 2.28. The molecule has 0 amide bonds. The van der Waals surface area contributed by atoms with Gasteiger partial charge in [0.2, 0.25) is 5.78 Å². The summed E-state index contributed by atoms with van der Waals surface area (Å²) < 4.78 is 7.41. The quantitative estimate of drug-likeness (QED) is 0.229. The SMILES string of the molecule is O=C1/C(=C/c2cn(-c3ccccc3)nc2-c2cccc([N+](=O)[O-])c2)Oc2ccc(Cl)cc21.